The van der Waals surface area contributed by atoms with E-state index >= 15 is 0 Å². The summed E-state index contributed by atoms with van der Waals surface area (Å²) in [5.41, 5.74) is 1.58. The number of benzene rings is 2. The van der Waals surface area contributed by atoms with Gasteiger partial charge in [0.05, 0.1) is 46.4 Å². The number of ether oxygens (including phenoxy) is 3. The molecule has 1 aromatic heterocycles. The fourth-order valence-electron chi connectivity index (χ4n) is 5.49. The number of carbonyl (C=O) groups is 1. The molecule has 2 aliphatic heterocycles. The molecule has 0 radical (unpaired) electrons. The Bertz CT molecular complexity index is 1500. The van der Waals surface area contributed by atoms with Crippen LogP contribution in [0.15, 0.2) is 53.4 Å². The molecule has 3 aromatic rings. The zero-order valence-electron chi connectivity index (χ0n) is 24.9. The summed E-state index contributed by atoms with van der Waals surface area (Å²) in [4.78, 5) is 19.3. The van der Waals surface area contributed by atoms with Crippen molar-refractivity contribution in [1.29, 1.82) is 0 Å². The molecule has 11 nitrogen and oxygen atoms in total. The molecule has 0 bridgehead atoms. The van der Waals surface area contributed by atoms with Gasteiger partial charge in [-0.25, -0.2) is 18.2 Å². The molecule has 2 aliphatic rings. The van der Waals surface area contributed by atoms with Crippen LogP contribution < -0.4 is 10.2 Å². The topological polar surface area (TPSA) is 131 Å². The quantitative estimate of drug-likeness (QED) is 0.308. The van der Waals surface area contributed by atoms with Crippen LogP contribution >= 0.6 is 11.3 Å². The number of anilines is 1. The van der Waals surface area contributed by atoms with Crippen LogP contribution in [0.2, 0.25) is 0 Å². The van der Waals surface area contributed by atoms with Crippen LogP contribution in [0.3, 0.4) is 0 Å². The minimum absolute atomic E-state index is 0.0159. The summed E-state index contributed by atoms with van der Waals surface area (Å²) in [5, 5.41) is 15.0. The highest BCUT2D eigenvalue weighted by Crippen LogP contribution is 2.34. The van der Waals surface area contributed by atoms with Crippen molar-refractivity contribution in [3.05, 3.63) is 54.1 Å². The highest BCUT2D eigenvalue weighted by Gasteiger charge is 2.44. The van der Waals surface area contributed by atoms with Crippen LogP contribution in [0.5, 0.6) is 0 Å². The summed E-state index contributed by atoms with van der Waals surface area (Å²) >= 11 is 1.41. The zero-order valence-corrected chi connectivity index (χ0v) is 26.5. The van der Waals surface area contributed by atoms with Gasteiger partial charge < -0.3 is 29.5 Å². The maximum Gasteiger partial charge on any atom is 0.407 e. The second-order valence-corrected chi connectivity index (χ2v) is 14.6. The maximum absolute atomic E-state index is 14.3. The Labute approximate surface area is 256 Å². The van der Waals surface area contributed by atoms with Gasteiger partial charge in [0, 0.05) is 27.2 Å². The number of aliphatic hydroxyl groups excluding tert-OH is 1. The Balaban J connectivity index is 1.39. The van der Waals surface area contributed by atoms with Gasteiger partial charge in [-0.05, 0) is 42.5 Å². The molecular weight excluding hydrogens is 592 g/mol. The van der Waals surface area contributed by atoms with Gasteiger partial charge in [0.1, 0.15) is 6.10 Å². The lowest BCUT2D eigenvalue weighted by Crippen LogP contribution is -2.53. The Kier molecular flexibility index (Phi) is 9.89. The van der Waals surface area contributed by atoms with E-state index in [-0.39, 0.29) is 49.1 Å². The molecule has 43 heavy (non-hydrogen) atoms. The van der Waals surface area contributed by atoms with Crippen molar-refractivity contribution in [2.75, 3.05) is 45.3 Å². The van der Waals surface area contributed by atoms with E-state index < -0.39 is 34.4 Å². The van der Waals surface area contributed by atoms with E-state index in [1.807, 2.05) is 63.2 Å². The summed E-state index contributed by atoms with van der Waals surface area (Å²) < 4.78 is 47.4. The smallest absolute Gasteiger partial charge is 0.407 e. The lowest BCUT2D eigenvalue weighted by atomic mass is 10.0. The Morgan fingerprint density at radius 1 is 1.19 bits per heavy atom. The number of rotatable bonds is 12. The highest BCUT2D eigenvalue weighted by atomic mass is 32.2. The van der Waals surface area contributed by atoms with E-state index in [1.165, 1.54) is 15.6 Å². The molecule has 5 rings (SSSR count). The Morgan fingerprint density at radius 2 is 1.95 bits per heavy atom. The summed E-state index contributed by atoms with van der Waals surface area (Å²) in [6.45, 7) is 4.66. The van der Waals surface area contributed by atoms with Crippen molar-refractivity contribution >= 4 is 42.8 Å². The molecule has 2 saturated heterocycles. The molecule has 3 heterocycles. The number of carbonyl (C=O) groups excluding carboxylic acids is 1. The molecule has 0 aliphatic carbocycles. The predicted molar refractivity (Wildman–Crippen MR) is 165 cm³/mol. The lowest BCUT2D eigenvalue weighted by Gasteiger charge is -2.35. The second kappa shape index (κ2) is 13.4. The first-order valence-electron chi connectivity index (χ1n) is 14.5. The summed E-state index contributed by atoms with van der Waals surface area (Å²) in [6, 6.07) is 13.5. The number of hydrogen-bond acceptors (Lipinski definition) is 10. The van der Waals surface area contributed by atoms with E-state index in [2.05, 4.69) is 10.3 Å². The predicted octanol–water partition coefficient (Wildman–Crippen LogP) is 3.47. The molecule has 2 fully saturated rings. The molecular formula is C30H40N4O7S2. The van der Waals surface area contributed by atoms with Crippen molar-refractivity contribution in [2.45, 2.75) is 56.1 Å². The van der Waals surface area contributed by atoms with Crippen molar-refractivity contribution in [3.8, 4) is 0 Å². The first kappa shape index (κ1) is 31.6. The number of thiazole rings is 1. The van der Waals surface area contributed by atoms with Crippen molar-refractivity contribution in [1.82, 2.24) is 14.6 Å². The molecule has 2 N–H and O–H groups in total. The van der Waals surface area contributed by atoms with E-state index in [4.69, 9.17) is 14.2 Å². The fourth-order valence-corrected chi connectivity index (χ4v) is 8.33. The average Bonchev–Trinajstić information content (AvgIpc) is 3.71. The number of amides is 1. The van der Waals surface area contributed by atoms with Gasteiger partial charge in [-0.1, -0.05) is 55.5 Å². The fraction of sp³-hybridized carbons (Fsp3) is 0.533. The molecule has 2 aromatic carbocycles. The van der Waals surface area contributed by atoms with E-state index in [0.29, 0.717) is 6.61 Å². The van der Waals surface area contributed by atoms with Gasteiger partial charge in [-0.2, -0.15) is 4.31 Å². The second-order valence-electron chi connectivity index (χ2n) is 11.7. The maximum atomic E-state index is 14.3. The highest BCUT2D eigenvalue weighted by molar-refractivity contribution is 7.89. The van der Waals surface area contributed by atoms with Crippen LogP contribution in [0.25, 0.3) is 10.2 Å². The molecule has 0 spiro atoms. The van der Waals surface area contributed by atoms with Gasteiger partial charge in [-0.3, -0.25) is 0 Å². The van der Waals surface area contributed by atoms with Crippen LogP contribution in [-0.2, 0) is 30.7 Å². The van der Waals surface area contributed by atoms with Crippen LogP contribution in [0.1, 0.15) is 25.8 Å². The van der Waals surface area contributed by atoms with E-state index in [1.54, 1.807) is 18.2 Å². The number of fused-ring (bicyclic) bond motifs is 2. The summed E-state index contributed by atoms with van der Waals surface area (Å²) in [6.07, 6.45) is -1.71. The monoisotopic (exact) mass is 632 g/mol. The molecule has 1 amide bonds. The van der Waals surface area contributed by atoms with E-state index in [9.17, 15) is 18.3 Å². The number of aromatic nitrogens is 1. The minimum Gasteiger partial charge on any atom is -0.443 e. The largest absolute Gasteiger partial charge is 0.443 e. The van der Waals surface area contributed by atoms with Gasteiger partial charge in [0.25, 0.3) is 0 Å². The van der Waals surface area contributed by atoms with Crippen molar-refractivity contribution < 1.29 is 32.5 Å². The summed E-state index contributed by atoms with van der Waals surface area (Å²) in [7, 11) is -0.287. The SMILES string of the molecule is CC(C)CN(C(Cc1ccccc1)C(O)CNC(=O)OC1COC2OCCC12)S(=O)(=O)c1ccc2nc(N(C)C)sc2c1. The Hall–Kier alpha value is -2.81. The van der Waals surface area contributed by atoms with Crippen molar-refractivity contribution in [3.63, 3.8) is 0 Å². The molecule has 5 atom stereocenters. The first-order valence-corrected chi connectivity index (χ1v) is 16.8. The van der Waals surface area contributed by atoms with Gasteiger partial charge in [0.15, 0.2) is 11.4 Å². The van der Waals surface area contributed by atoms with Gasteiger partial charge >= 0.3 is 6.09 Å². The third-order valence-corrected chi connectivity index (χ3v) is 10.8. The number of nitrogens with one attached hydrogen (secondary N) is 1. The molecule has 13 heteroatoms. The third kappa shape index (κ3) is 7.30. The Morgan fingerprint density at radius 3 is 2.67 bits per heavy atom. The number of aliphatic hydroxyl groups is 1. The van der Waals surface area contributed by atoms with E-state index in [0.717, 1.165) is 27.3 Å². The number of hydrogen-bond donors (Lipinski definition) is 2. The molecule has 234 valence electrons. The zero-order chi connectivity index (χ0) is 30.7. The lowest BCUT2D eigenvalue weighted by molar-refractivity contribution is -0.0907. The number of sulfonamides is 1. The number of nitrogens with zero attached hydrogens (tertiary/aromatic N) is 3. The first-order chi connectivity index (χ1) is 20.5. The standard InChI is InChI=1S/C30H40N4O7S2/c1-19(2)17-34(43(37,38)21-10-11-23-27(15-21)42-29(32-23)33(3)4)24(14-20-8-6-5-7-9-20)25(35)16-31-30(36)41-26-18-40-28-22(26)12-13-39-28/h5-11,15,19,22,24-26,28,35H,12-14,16-18H2,1-4H3,(H,31,36). The van der Waals surface area contributed by atoms with Gasteiger partial charge in [0.2, 0.25) is 10.0 Å². The van der Waals surface area contributed by atoms with Crippen LogP contribution in [0, 0.1) is 11.8 Å². The number of alkyl carbamates (subject to hydrolysis) is 1. The molecule has 5 unspecified atom stereocenters. The summed E-state index contributed by atoms with van der Waals surface area (Å²) in [5.74, 6) is -0.0486. The van der Waals surface area contributed by atoms with Gasteiger partial charge in [-0.15, -0.1) is 0 Å². The van der Waals surface area contributed by atoms with Crippen molar-refractivity contribution in [2.24, 2.45) is 11.8 Å². The normalized spacial score (nSPS) is 21.7. The van der Waals surface area contributed by atoms with Crippen LogP contribution in [-0.4, -0.2) is 93.8 Å². The van der Waals surface area contributed by atoms with Crippen LogP contribution in [0.4, 0.5) is 9.93 Å². The molecule has 0 saturated carbocycles. The third-order valence-electron chi connectivity index (χ3n) is 7.68. The average molecular weight is 633 g/mol. The minimum atomic E-state index is -4.07.